The van der Waals surface area contributed by atoms with E-state index in [0.29, 0.717) is 0 Å². The summed E-state index contributed by atoms with van der Waals surface area (Å²) >= 11 is 4.48. The van der Waals surface area contributed by atoms with Crippen LogP contribution in [0.15, 0.2) is 4.99 Å². The second-order valence-electron chi connectivity index (χ2n) is 2.89. The number of unbranched alkanes of at least 4 members (excludes halogenated alkanes) is 1. The molecule has 0 amide bonds. The van der Waals surface area contributed by atoms with E-state index in [0.717, 1.165) is 13.0 Å². The molecule has 0 fully saturated rings. The van der Waals surface area contributed by atoms with Gasteiger partial charge >= 0.3 is 0 Å². The Hall–Kier alpha value is 0.0500. The third-order valence-corrected chi connectivity index (χ3v) is 2.24. The van der Waals surface area contributed by atoms with Crippen LogP contribution in [0.25, 0.3) is 0 Å². The molecule has 0 rings (SSSR count). The molecular weight excluding hydrogens is 204 g/mol. The lowest BCUT2D eigenvalue weighted by Crippen LogP contribution is -3.11. The number of hydrogen-bond donors (Lipinski definition) is 1. The molecular formula is C9H19ClN2S. The van der Waals surface area contributed by atoms with E-state index in [1.165, 1.54) is 26.1 Å². The normalized spacial score (nSPS) is 9.15. The Morgan fingerprint density at radius 3 is 2.31 bits per heavy atom. The molecule has 0 aliphatic heterocycles. The molecule has 0 bridgehead atoms. The fraction of sp³-hybridized carbons (Fsp3) is 0.889. The molecule has 0 unspecified atom stereocenters. The average Bonchev–Trinajstić information content (AvgIpc) is 2.11. The quantitative estimate of drug-likeness (QED) is 0.294. The summed E-state index contributed by atoms with van der Waals surface area (Å²) in [6.45, 7) is 9.03. The number of hydrogen-bond acceptors (Lipinski definition) is 2. The molecule has 0 heterocycles. The van der Waals surface area contributed by atoms with E-state index in [2.05, 4.69) is 36.2 Å². The number of thiocarbonyl (C=S) groups is 1. The predicted octanol–water partition coefficient (Wildman–Crippen LogP) is -2.20. The van der Waals surface area contributed by atoms with Crippen LogP contribution in [-0.2, 0) is 0 Å². The van der Waals surface area contributed by atoms with E-state index < -0.39 is 0 Å². The summed E-state index contributed by atoms with van der Waals surface area (Å²) in [6, 6.07) is 0. The van der Waals surface area contributed by atoms with Crippen LogP contribution in [-0.4, -0.2) is 31.3 Å². The van der Waals surface area contributed by atoms with Gasteiger partial charge < -0.3 is 17.3 Å². The summed E-state index contributed by atoms with van der Waals surface area (Å²) in [5.74, 6) is 0. The monoisotopic (exact) mass is 222 g/mol. The largest absolute Gasteiger partial charge is 1.00 e. The van der Waals surface area contributed by atoms with Crippen LogP contribution in [0.3, 0.4) is 0 Å². The van der Waals surface area contributed by atoms with E-state index in [1.54, 1.807) is 4.90 Å². The molecule has 78 valence electrons. The number of rotatable bonds is 7. The van der Waals surface area contributed by atoms with Gasteiger partial charge in [0, 0.05) is 6.54 Å². The van der Waals surface area contributed by atoms with Crippen LogP contribution >= 0.6 is 12.2 Å². The molecule has 0 saturated heterocycles. The Labute approximate surface area is 92.8 Å². The Morgan fingerprint density at radius 1 is 1.23 bits per heavy atom. The third kappa shape index (κ3) is 9.97. The standard InChI is InChI=1S/C9H18N2S.ClH/c1-3-11(4-2)8-6-5-7-10-9-12;/h3-8H2,1-2H3;1H. The molecule has 13 heavy (non-hydrogen) atoms. The Bertz CT molecular complexity index is 143. The zero-order chi connectivity index (χ0) is 9.23. The van der Waals surface area contributed by atoms with Crippen molar-refractivity contribution in [2.45, 2.75) is 26.7 Å². The van der Waals surface area contributed by atoms with Gasteiger partial charge in [-0.3, -0.25) is 0 Å². The first-order chi connectivity index (χ1) is 5.85. The summed E-state index contributed by atoms with van der Waals surface area (Å²) in [6.07, 6.45) is 2.39. The summed E-state index contributed by atoms with van der Waals surface area (Å²) < 4.78 is 0. The SMILES string of the molecule is CC[NH+](CC)CCCCN=C=S.[Cl-]. The molecule has 0 spiro atoms. The first-order valence-electron chi connectivity index (χ1n) is 4.72. The van der Waals surface area contributed by atoms with Crippen molar-refractivity contribution in [2.75, 3.05) is 26.2 Å². The minimum atomic E-state index is 0. The lowest BCUT2D eigenvalue weighted by molar-refractivity contribution is -0.896. The molecule has 2 nitrogen and oxygen atoms in total. The molecule has 0 aromatic heterocycles. The molecule has 0 aliphatic rings. The van der Waals surface area contributed by atoms with Crippen LogP contribution in [0.5, 0.6) is 0 Å². The first kappa shape index (κ1) is 15.5. The highest BCUT2D eigenvalue weighted by atomic mass is 35.5. The van der Waals surface area contributed by atoms with E-state index in [1.807, 2.05) is 0 Å². The van der Waals surface area contributed by atoms with E-state index in [-0.39, 0.29) is 12.4 Å². The van der Waals surface area contributed by atoms with Gasteiger partial charge in [-0.25, -0.2) is 4.99 Å². The van der Waals surface area contributed by atoms with Crippen LogP contribution < -0.4 is 17.3 Å². The summed E-state index contributed by atoms with van der Waals surface area (Å²) in [4.78, 5) is 5.54. The first-order valence-corrected chi connectivity index (χ1v) is 5.13. The van der Waals surface area contributed by atoms with Gasteiger partial charge in [-0.2, -0.15) is 0 Å². The highest BCUT2D eigenvalue weighted by Crippen LogP contribution is 1.84. The topological polar surface area (TPSA) is 16.8 Å². The molecule has 0 aromatic rings. The van der Waals surface area contributed by atoms with Gasteiger partial charge in [0.1, 0.15) is 0 Å². The number of isothiocyanates is 1. The number of nitrogens with zero attached hydrogens (tertiary/aromatic N) is 1. The molecule has 1 N–H and O–H groups in total. The second-order valence-corrected chi connectivity index (χ2v) is 3.07. The van der Waals surface area contributed by atoms with Gasteiger partial charge in [-0.1, -0.05) is 0 Å². The molecule has 0 saturated carbocycles. The van der Waals surface area contributed by atoms with E-state index in [4.69, 9.17) is 0 Å². The van der Waals surface area contributed by atoms with Gasteiger partial charge in [0.15, 0.2) is 0 Å². The zero-order valence-corrected chi connectivity index (χ0v) is 10.0. The fourth-order valence-electron chi connectivity index (χ4n) is 1.22. The lowest BCUT2D eigenvalue weighted by atomic mass is 10.3. The number of halogens is 1. The van der Waals surface area contributed by atoms with Crippen molar-refractivity contribution in [3.8, 4) is 0 Å². The van der Waals surface area contributed by atoms with Gasteiger partial charge in [-0.15, -0.1) is 0 Å². The van der Waals surface area contributed by atoms with Crippen molar-refractivity contribution < 1.29 is 17.3 Å². The molecule has 0 aliphatic carbocycles. The summed E-state index contributed by atoms with van der Waals surface area (Å²) in [5.41, 5.74) is 0. The van der Waals surface area contributed by atoms with Crippen molar-refractivity contribution in [2.24, 2.45) is 4.99 Å². The fourth-order valence-corrected chi connectivity index (χ4v) is 1.31. The van der Waals surface area contributed by atoms with Crippen LogP contribution in [0.2, 0.25) is 0 Å². The third-order valence-electron chi connectivity index (χ3n) is 2.11. The Kier molecular flexibility index (Phi) is 14.4. The van der Waals surface area contributed by atoms with Gasteiger partial charge in [-0.05, 0) is 38.9 Å². The van der Waals surface area contributed by atoms with Crippen LogP contribution in [0.1, 0.15) is 26.7 Å². The molecule has 0 radical (unpaired) electrons. The molecule has 0 aromatic carbocycles. The van der Waals surface area contributed by atoms with Crippen LogP contribution in [0, 0.1) is 0 Å². The number of quaternary nitrogens is 1. The molecule has 4 heteroatoms. The van der Waals surface area contributed by atoms with Gasteiger partial charge in [0.05, 0.1) is 24.8 Å². The minimum Gasteiger partial charge on any atom is -1.00 e. The number of aliphatic imine (C=N–C) groups is 1. The smallest absolute Gasteiger partial charge is 0.0771 e. The maximum atomic E-state index is 4.48. The van der Waals surface area contributed by atoms with Crippen molar-refractivity contribution >= 4 is 17.4 Å². The van der Waals surface area contributed by atoms with Crippen molar-refractivity contribution in [3.63, 3.8) is 0 Å². The highest BCUT2D eigenvalue weighted by Gasteiger charge is 1.99. The Balaban J connectivity index is 0. The van der Waals surface area contributed by atoms with Crippen molar-refractivity contribution in [3.05, 3.63) is 0 Å². The maximum Gasteiger partial charge on any atom is 0.0771 e. The maximum absolute atomic E-state index is 4.48. The zero-order valence-electron chi connectivity index (χ0n) is 8.48. The van der Waals surface area contributed by atoms with E-state index >= 15 is 0 Å². The van der Waals surface area contributed by atoms with Gasteiger partial charge in [0.2, 0.25) is 0 Å². The van der Waals surface area contributed by atoms with Crippen LogP contribution in [0.4, 0.5) is 0 Å². The lowest BCUT2D eigenvalue weighted by Gasteiger charge is -2.14. The van der Waals surface area contributed by atoms with Crippen molar-refractivity contribution in [1.82, 2.24) is 0 Å². The second kappa shape index (κ2) is 12.0. The summed E-state index contributed by atoms with van der Waals surface area (Å²) in [7, 11) is 0. The summed E-state index contributed by atoms with van der Waals surface area (Å²) in [5, 5.41) is 2.39. The average molecular weight is 223 g/mol. The number of nitrogens with one attached hydrogen (secondary N) is 1. The van der Waals surface area contributed by atoms with Crippen molar-refractivity contribution in [1.29, 1.82) is 0 Å². The molecule has 0 atom stereocenters. The highest BCUT2D eigenvalue weighted by molar-refractivity contribution is 7.78. The Morgan fingerprint density at radius 2 is 1.85 bits per heavy atom. The minimum absolute atomic E-state index is 0. The predicted molar refractivity (Wildman–Crippen MR) is 56.0 cm³/mol. The van der Waals surface area contributed by atoms with E-state index in [9.17, 15) is 0 Å². The van der Waals surface area contributed by atoms with Gasteiger partial charge in [0.25, 0.3) is 0 Å².